The van der Waals surface area contributed by atoms with Gasteiger partial charge in [-0.2, -0.15) is 0 Å². The van der Waals surface area contributed by atoms with Crippen molar-refractivity contribution in [2.75, 3.05) is 0 Å². The zero-order chi connectivity index (χ0) is 19.3. The van der Waals surface area contributed by atoms with Crippen LogP contribution in [-0.2, 0) is 11.2 Å². The van der Waals surface area contributed by atoms with E-state index < -0.39 is 35.4 Å². The molecule has 0 aromatic heterocycles. The van der Waals surface area contributed by atoms with E-state index in [9.17, 15) is 19.4 Å². The van der Waals surface area contributed by atoms with Crippen LogP contribution < -0.4 is 11.2 Å². The summed E-state index contributed by atoms with van der Waals surface area (Å²) < 4.78 is 13.8. The summed E-state index contributed by atoms with van der Waals surface area (Å²) in [5.74, 6) is -1.66. The first-order chi connectivity index (χ1) is 12.3. The fourth-order valence-electron chi connectivity index (χ4n) is 3.73. The quantitative estimate of drug-likeness (QED) is 0.370. The lowest BCUT2D eigenvalue weighted by molar-refractivity contribution is -0.150. The summed E-state index contributed by atoms with van der Waals surface area (Å²) >= 11 is 0. The average molecular weight is 368 g/mol. The molecule has 2 rings (SSSR count). The molecule has 6 N–H and O–H groups in total. The van der Waals surface area contributed by atoms with Crippen molar-refractivity contribution in [2.45, 2.75) is 63.2 Å². The maximum atomic E-state index is 13.8. The van der Waals surface area contributed by atoms with Crippen LogP contribution >= 0.6 is 0 Å². The number of hydroxylamine groups is 1. The van der Waals surface area contributed by atoms with Crippen LogP contribution in [0.3, 0.4) is 0 Å². The molecule has 3 unspecified atom stereocenters. The third kappa shape index (κ3) is 5.01. The maximum absolute atomic E-state index is 13.8. The lowest BCUT2D eigenvalue weighted by Crippen LogP contribution is -2.51. The molecule has 3 atom stereocenters. The molecule has 146 valence electrons. The summed E-state index contributed by atoms with van der Waals surface area (Å²) in [6.07, 6.45) is 1.25. The van der Waals surface area contributed by atoms with Crippen LogP contribution in [0.2, 0.25) is 0 Å². The molecule has 0 aliphatic heterocycles. The van der Waals surface area contributed by atoms with Crippen molar-refractivity contribution < 1.29 is 24.6 Å². The number of hydrogen-bond acceptors (Lipinski definition) is 5. The van der Waals surface area contributed by atoms with Gasteiger partial charge in [-0.05, 0) is 56.1 Å². The molecule has 1 aromatic carbocycles. The number of carbonyl (C=O) groups is 1. The van der Waals surface area contributed by atoms with Crippen molar-refractivity contribution in [3.8, 4) is 0 Å². The highest BCUT2D eigenvalue weighted by atomic mass is 19.1. The Morgan fingerprint density at radius 2 is 2.00 bits per heavy atom. The topological polar surface area (TPSA) is 116 Å². The zero-order valence-corrected chi connectivity index (χ0v) is 15.1. The molecule has 1 aromatic rings. The first kappa shape index (κ1) is 20.8. The minimum absolute atomic E-state index is 0.104. The van der Waals surface area contributed by atoms with Crippen molar-refractivity contribution in [1.82, 2.24) is 5.48 Å². The summed E-state index contributed by atoms with van der Waals surface area (Å²) in [4.78, 5) is 12.1. The molecular weight excluding hydrogens is 339 g/mol. The standard InChI is InChI=1S/C19H29FN2O4/c1-12-6-8-19(25,9-7-12)14(18(24)22-26)11-17(23)16(21)10-13-4-2-3-5-15(13)20/h2-5,12,14,16-17,23,25-26H,6-11,21H2,1H3,(H,22,24). The summed E-state index contributed by atoms with van der Waals surface area (Å²) in [6, 6.07) is 5.37. The Labute approximate surface area is 153 Å². The van der Waals surface area contributed by atoms with Crippen LogP contribution in [0.4, 0.5) is 4.39 Å². The number of nitrogens with two attached hydrogens (primary N) is 1. The Morgan fingerprint density at radius 1 is 1.38 bits per heavy atom. The highest BCUT2D eigenvalue weighted by Gasteiger charge is 2.44. The SMILES string of the molecule is CC1CCC(O)(C(CC(O)C(N)Cc2ccccc2F)C(=O)NO)CC1. The van der Waals surface area contributed by atoms with Crippen molar-refractivity contribution >= 4 is 5.91 Å². The van der Waals surface area contributed by atoms with Crippen molar-refractivity contribution in [1.29, 1.82) is 0 Å². The van der Waals surface area contributed by atoms with Gasteiger partial charge in [0.05, 0.1) is 17.6 Å². The van der Waals surface area contributed by atoms with E-state index in [0.29, 0.717) is 24.3 Å². The van der Waals surface area contributed by atoms with Gasteiger partial charge in [0, 0.05) is 6.04 Å². The first-order valence-corrected chi connectivity index (χ1v) is 9.10. The van der Waals surface area contributed by atoms with Gasteiger partial charge in [-0.15, -0.1) is 0 Å². The van der Waals surface area contributed by atoms with Crippen LogP contribution in [0.15, 0.2) is 24.3 Å². The molecule has 0 saturated heterocycles. The number of nitrogens with one attached hydrogen (secondary N) is 1. The van der Waals surface area contributed by atoms with Crippen molar-refractivity contribution in [3.63, 3.8) is 0 Å². The molecule has 0 bridgehead atoms. The van der Waals surface area contributed by atoms with E-state index in [0.717, 1.165) is 12.8 Å². The predicted octanol–water partition coefficient (Wildman–Crippen LogP) is 1.51. The van der Waals surface area contributed by atoms with Gasteiger partial charge in [-0.3, -0.25) is 10.0 Å². The van der Waals surface area contributed by atoms with Gasteiger partial charge in [-0.25, -0.2) is 9.87 Å². The van der Waals surface area contributed by atoms with E-state index in [2.05, 4.69) is 6.92 Å². The largest absolute Gasteiger partial charge is 0.391 e. The van der Waals surface area contributed by atoms with Crippen molar-refractivity contribution in [3.05, 3.63) is 35.6 Å². The lowest BCUT2D eigenvalue weighted by Gasteiger charge is -2.41. The fraction of sp³-hybridized carbons (Fsp3) is 0.632. The number of benzene rings is 1. The summed E-state index contributed by atoms with van der Waals surface area (Å²) in [6.45, 7) is 2.08. The minimum atomic E-state index is -1.29. The van der Waals surface area contributed by atoms with Gasteiger partial charge < -0.3 is 15.9 Å². The normalized spacial score (nSPS) is 26.8. The Kier molecular flexibility index (Phi) is 7.11. The summed E-state index contributed by atoms with van der Waals surface area (Å²) in [5, 5.41) is 30.4. The molecule has 1 aliphatic carbocycles. The molecule has 1 aliphatic rings. The minimum Gasteiger partial charge on any atom is -0.391 e. The van der Waals surface area contributed by atoms with Crippen LogP contribution in [0.25, 0.3) is 0 Å². The number of amides is 1. The second kappa shape index (κ2) is 8.90. The highest BCUT2D eigenvalue weighted by molar-refractivity contribution is 5.78. The van der Waals surface area contributed by atoms with E-state index in [4.69, 9.17) is 10.9 Å². The van der Waals surface area contributed by atoms with E-state index in [1.165, 1.54) is 6.07 Å². The second-order valence-electron chi connectivity index (χ2n) is 7.58. The van der Waals surface area contributed by atoms with Gasteiger partial charge in [0.2, 0.25) is 5.91 Å². The zero-order valence-electron chi connectivity index (χ0n) is 15.1. The summed E-state index contributed by atoms with van der Waals surface area (Å²) in [5.41, 5.74) is 6.69. The van der Waals surface area contributed by atoms with E-state index in [-0.39, 0.29) is 12.8 Å². The molecular formula is C19H29FN2O4. The van der Waals surface area contributed by atoms with Gasteiger partial charge in [0.15, 0.2) is 0 Å². The number of halogens is 1. The smallest absolute Gasteiger partial charge is 0.249 e. The van der Waals surface area contributed by atoms with Crippen LogP contribution in [0.5, 0.6) is 0 Å². The molecule has 0 heterocycles. The molecule has 0 spiro atoms. The van der Waals surface area contributed by atoms with E-state index in [1.807, 2.05) is 0 Å². The fourth-order valence-corrected chi connectivity index (χ4v) is 3.73. The maximum Gasteiger partial charge on any atom is 0.249 e. The molecule has 0 radical (unpaired) electrons. The molecule has 1 amide bonds. The number of aliphatic hydroxyl groups is 2. The molecule has 1 fully saturated rings. The Bertz CT molecular complexity index is 605. The monoisotopic (exact) mass is 368 g/mol. The predicted molar refractivity (Wildman–Crippen MR) is 94.7 cm³/mol. The van der Waals surface area contributed by atoms with Gasteiger partial charge in [0.1, 0.15) is 5.82 Å². The molecule has 7 heteroatoms. The van der Waals surface area contributed by atoms with E-state index >= 15 is 0 Å². The van der Waals surface area contributed by atoms with E-state index in [1.54, 1.807) is 23.7 Å². The Morgan fingerprint density at radius 3 is 2.58 bits per heavy atom. The van der Waals surface area contributed by atoms with Crippen molar-refractivity contribution in [2.24, 2.45) is 17.6 Å². The number of carbonyl (C=O) groups excluding carboxylic acids is 1. The molecule has 26 heavy (non-hydrogen) atoms. The second-order valence-corrected chi connectivity index (χ2v) is 7.58. The lowest BCUT2D eigenvalue weighted by atomic mass is 9.70. The summed E-state index contributed by atoms with van der Waals surface area (Å²) in [7, 11) is 0. The van der Waals surface area contributed by atoms with Gasteiger partial charge >= 0.3 is 0 Å². The number of rotatable bonds is 7. The van der Waals surface area contributed by atoms with Crippen LogP contribution in [-0.4, -0.2) is 39.1 Å². The first-order valence-electron chi connectivity index (χ1n) is 9.10. The Balaban J connectivity index is 2.07. The Hall–Kier alpha value is -1.54. The van der Waals surface area contributed by atoms with Gasteiger partial charge in [0.25, 0.3) is 0 Å². The molecule has 6 nitrogen and oxygen atoms in total. The number of hydrogen-bond donors (Lipinski definition) is 5. The third-order valence-corrected chi connectivity index (χ3v) is 5.60. The van der Waals surface area contributed by atoms with Crippen LogP contribution in [0, 0.1) is 17.7 Å². The average Bonchev–Trinajstić information content (AvgIpc) is 2.63. The van der Waals surface area contributed by atoms with Crippen LogP contribution in [0.1, 0.15) is 44.6 Å². The third-order valence-electron chi connectivity index (χ3n) is 5.60. The van der Waals surface area contributed by atoms with Gasteiger partial charge in [-0.1, -0.05) is 25.1 Å². The highest BCUT2D eigenvalue weighted by Crippen LogP contribution is 2.39. The number of aliphatic hydroxyl groups excluding tert-OH is 1. The molecule has 1 saturated carbocycles.